The van der Waals surface area contributed by atoms with Gasteiger partial charge in [-0.05, 0) is 24.3 Å². The lowest BCUT2D eigenvalue weighted by Gasteiger charge is -2.01. The smallest absolute Gasteiger partial charge is 0.286 e. The average molecular weight is 368 g/mol. The van der Waals surface area contributed by atoms with Crippen molar-refractivity contribution >= 4 is 51.2 Å². The molecule has 1 amide bonds. The van der Waals surface area contributed by atoms with Crippen LogP contribution < -0.4 is 11.1 Å². The number of nitrogens with two attached hydrogens (primary N) is 1. The van der Waals surface area contributed by atoms with Gasteiger partial charge in [0.1, 0.15) is 10.8 Å². The van der Waals surface area contributed by atoms with Crippen molar-refractivity contribution in [2.24, 2.45) is 0 Å². The Bertz CT molecular complexity index is 818. The summed E-state index contributed by atoms with van der Waals surface area (Å²) in [4.78, 5) is 12.0. The van der Waals surface area contributed by atoms with E-state index in [9.17, 15) is 9.18 Å². The van der Waals surface area contributed by atoms with E-state index >= 15 is 0 Å². The molecule has 0 atom stereocenters. The number of anilines is 2. The van der Waals surface area contributed by atoms with Gasteiger partial charge in [-0.15, -0.1) is 20.4 Å². The molecule has 2 aromatic heterocycles. The number of nitrogens with zero attached hydrogens (tertiary/aromatic N) is 4. The third-order valence-electron chi connectivity index (χ3n) is 2.50. The molecule has 0 saturated carbocycles. The number of hydrogen-bond donors (Lipinski definition) is 2. The van der Waals surface area contributed by atoms with E-state index in [1.807, 2.05) is 0 Å². The summed E-state index contributed by atoms with van der Waals surface area (Å²) in [6.45, 7) is 0. The highest BCUT2D eigenvalue weighted by Crippen LogP contribution is 2.28. The van der Waals surface area contributed by atoms with Crippen molar-refractivity contribution in [3.05, 3.63) is 40.1 Å². The lowest BCUT2D eigenvalue weighted by atomic mass is 10.3. The molecular formula is C12H9FN6OS3. The van der Waals surface area contributed by atoms with Crippen LogP contribution in [0.1, 0.15) is 14.8 Å². The summed E-state index contributed by atoms with van der Waals surface area (Å²) in [6, 6.07) is 5.49. The Hall–Kier alpha value is -2.11. The number of amides is 1. The quantitative estimate of drug-likeness (QED) is 0.667. The lowest BCUT2D eigenvalue weighted by molar-refractivity contribution is 0.102. The second kappa shape index (κ2) is 6.98. The van der Waals surface area contributed by atoms with Crippen LogP contribution in [0.2, 0.25) is 0 Å². The Morgan fingerprint density at radius 1 is 1.17 bits per heavy atom. The summed E-state index contributed by atoms with van der Waals surface area (Å²) in [7, 11) is 0. The van der Waals surface area contributed by atoms with E-state index in [0.717, 1.165) is 4.34 Å². The van der Waals surface area contributed by atoms with E-state index < -0.39 is 0 Å². The van der Waals surface area contributed by atoms with Crippen molar-refractivity contribution in [3.8, 4) is 0 Å². The topological polar surface area (TPSA) is 107 Å². The number of nitrogen functional groups attached to an aromatic ring is 1. The van der Waals surface area contributed by atoms with E-state index in [2.05, 4.69) is 25.7 Å². The van der Waals surface area contributed by atoms with E-state index in [1.165, 1.54) is 58.7 Å². The largest absolute Gasteiger partial charge is 0.374 e. The van der Waals surface area contributed by atoms with Gasteiger partial charge in [-0.25, -0.2) is 4.39 Å². The zero-order chi connectivity index (χ0) is 16.2. The van der Waals surface area contributed by atoms with Gasteiger partial charge in [-0.2, -0.15) is 0 Å². The number of hydrogen-bond acceptors (Lipinski definition) is 9. The van der Waals surface area contributed by atoms with E-state index in [0.29, 0.717) is 21.6 Å². The van der Waals surface area contributed by atoms with Crippen molar-refractivity contribution < 1.29 is 9.18 Å². The fourth-order valence-corrected chi connectivity index (χ4v) is 3.88. The van der Waals surface area contributed by atoms with Gasteiger partial charge in [0, 0.05) is 5.69 Å². The van der Waals surface area contributed by atoms with Crippen LogP contribution in [0.4, 0.5) is 15.2 Å². The zero-order valence-corrected chi connectivity index (χ0v) is 13.8. The fraction of sp³-hybridized carbons (Fsp3) is 0.0833. The van der Waals surface area contributed by atoms with Crippen LogP contribution in [0.3, 0.4) is 0 Å². The lowest BCUT2D eigenvalue weighted by Crippen LogP contribution is -2.11. The highest BCUT2D eigenvalue weighted by Gasteiger charge is 2.14. The molecule has 0 unspecified atom stereocenters. The zero-order valence-electron chi connectivity index (χ0n) is 11.4. The van der Waals surface area contributed by atoms with Crippen molar-refractivity contribution in [2.75, 3.05) is 11.1 Å². The average Bonchev–Trinajstić information content (AvgIpc) is 3.16. The van der Waals surface area contributed by atoms with Gasteiger partial charge >= 0.3 is 0 Å². The van der Waals surface area contributed by atoms with E-state index in [4.69, 9.17) is 5.73 Å². The summed E-state index contributed by atoms with van der Waals surface area (Å²) in [5.41, 5.74) is 6.00. The molecule has 23 heavy (non-hydrogen) atoms. The predicted molar refractivity (Wildman–Crippen MR) is 88.1 cm³/mol. The fourth-order valence-electron chi connectivity index (χ4n) is 1.52. The standard InChI is InChI=1S/C12H9FN6OS3/c13-6-1-3-7(4-2-6)15-9(20)10-17-16-8(22-10)5-21-12-19-18-11(14)23-12/h1-4H,5H2,(H2,14,18)(H,15,20). The molecular weight excluding hydrogens is 359 g/mol. The Morgan fingerprint density at radius 3 is 2.65 bits per heavy atom. The van der Waals surface area contributed by atoms with Crippen LogP contribution in [0.25, 0.3) is 0 Å². The minimum absolute atomic E-state index is 0.238. The molecule has 0 saturated heterocycles. The van der Waals surface area contributed by atoms with Crippen LogP contribution in [0.5, 0.6) is 0 Å². The number of thioether (sulfide) groups is 1. The van der Waals surface area contributed by atoms with E-state index in [-0.39, 0.29) is 16.7 Å². The third-order valence-corrected chi connectivity index (χ3v) is 5.51. The molecule has 3 aromatic rings. The number of carbonyl (C=O) groups is 1. The minimum atomic E-state index is -0.384. The molecule has 0 aliphatic heterocycles. The summed E-state index contributed by atoms with van der Waals surface area (Å²) in [6.07, 6.45) is 0. The van der Waals surface area contributed by atoms with Crippen molar-refractivity contribution in [3.63, 3.8) is 0 Å². The van der Waals surface area contributed by atoms with Gasteiger partial charge in [-0.1, -0.05) is 34.4 Å². The Morgan fingerprint density at radius 2 is 1.96 bits per heavy atom. The SMILES string of the molecule is Nc1nnc(SCc2nnc(C(=O)Nc3ccc(F)cc3)s2)s1. The molecule has 0 bridgehead atoms. The monoisotopic (exact) mass is 368 g/mol. The summed E-state index contributed by atoms with van der Waals surface area (Å²) in [5, 5.41) is 19.4. The first-order valence-corrected chi connectivity index (χ1v) is 8.83. The predicted octanol–water partition coefficient (Wildman–Crippen LogP) is 2.66. The summed E-state index contributed by atoms with van der Waals surface area (Å²) < 4.78 is 13.6. The highest BCUT2D eigenvalue weighted by atomic mass is 32.2. The molecule has 7 nitrogen and oxygen atoms in total. The molecule has 0 aliphatic carbocycles. The van der Waals surface area contributed by atoms with Gasteiger partial charge in [-0.3, -0.25) is 4.79 Å². The Balaban J connectivity index is 1.59. The number of halogens is 1. The summed E-state index contributed by atoms with van der Waals surface area (Å²) in [5.74, 6) is -0.225. The second-order valence-electron chi connectivity index (χ2n) is 4.16. The third kappa shape index (κ3) is 4.21. The minimum Gasteiger partial charge on any atom is -0.374 e. The molecule has 2 heterocycles. The molecule has 1 aromatic carbocycles. The maximum Gasteiger partial charge on any atom is 0.286 e. The van der Waals surface area contributed by atoms with Gasteiger partial charge in [0.2, 0.25) is 10.1 Å². The van der Waals surface area contributed by atoms with Gasteiger partial charge in [0.25, 0.3) is 5.91 Å². The number of nitrogens with one attached hydrogen (secondary N) is 1. The first-order chi connectivity index (χ1) is 11.1. The van der Waals surface area contributed by atoms with Crippen molar-refractivity contribution in [2.45, 2.75) is 10.1 Å². The first-order valence-electron chi connectivity index (χ1n) is 6.21. The number of aromatic nitrogens is 4. The van der Waals surface area contributed by atoms with Crippen molar-refractivity contribution in [1.29, 1.82) is 0 Å². The van der Waals surface area contributed by atoms with Gasteiger partial charge in [0.05, 0.1) is 5.75 Å². The van der Waals surface area contributed by atoms with Gasteiger partial charge < -0.3 is 11.1 Å². The van der Waals surface area contributed by atoms with Crippen LogP contribution in [0, 0.1) is 5.82 Å². The van der Waals surface area contributed by atoms with Crippen molar-refractivity contribution in [1.82, 2.24) is 20.4 Å². The molecule has 0 radical (unpaired) electrons. The Kier molecular flexibility index (Phi) is 4.79. The highest BCUT2D eigenvalue weighted by molar-refractivity contribution is 8.00. The Labute approximate surface area is 142 Å². The van der Waals surface area contributed by atoms with Crippen LogP contribution in [0.15, 0.2) is 28.6 Å². The molecule has 0 aliphatic rings. The molecule has 11 heteroatoms. The second-order valence-corrected chi connectivity index (χ2v) is 7.45. The number of benzene rings is 1. The van der Waals surface area contributed by atoms with Gasteiger partial charge in [0.15, 0.2) is 4.34 Å². The molecule has 3 N–H and O–H groups in total. The summed E-state index contributed by atoms with van der Waals surface area (Å²) >= 11 is 3.90. The number of rotatable bonds is 5. The maximum absolute atomic E-state index is 12.8. The first kappa shape index (κ1) is 15.8. The van der Waals surface area contributed by atoms with Crippen LogP contribution >= 0.6 is 34.4 Å². The van der Waals surface area contributed by atoms with Crippen LogP contribution in [-0.2, 0) is 5.75 Å². The molecule has 0 fully saturated rings. The normalized spacial score (nSPS) is 10.7. The molecule has 118 valence electrons. The maximum atomic E-state index is 12.8. The number of carbonyl (C=O) groups excluding carboxylic acids is 1. The molecule has 3 rings (SSSR count). The van der Waals surface area contributed by atoms with Crippen LogP contribution in [-0.4, -0.2) is 26.3 Å². The molecule has 0 spiro atoms. The van der Waals surface area contributed by atoms with E-state index in [1.54, 1.807) is 0 Å².